The van der Waals surface area contributed by atoms with Gasteiger partial charge in [0.1, 0.15) is 5.92 Å². The molecule has 1 fully saturated rings. The largest absolute Gasteiger partial charge is 0.341 e. The summed E-state index contributed by atoms with van der Waals surface area (Å²) in [7, 11) is 0. The number of pyridine rings is 2. The van der Waals surface area contributed by atoms with Crippen LogP contribution in [0, 0.1) is 0 Å². The number of carbonyl (C=O) groups excluding carboxylic acids is 3. The van der Waals surface area contributed by atoms with Crippen LogP contribution in [0.3, 0.4) is 0 Å². The molecule has 0 radical (unpaired) electrons. The highest BCUT2D eigenvalue weighted by Gasteiger charge is 2.30. The van der Waals surface area contributed by atoms with Gasteiger partial charge in [-0.15, -0.1) is 24.8 Å². The van der Waals surface area contributed by atoms with Crippen molar-refractivity contribution in [2.24, 2.45) is 0 Å². The average molecular weight is 483 g/mol. The Hall–Kier alpha value is -2.71. The monoisotopic (exact) mass is 482 g/mol. The summed E-state index contributed by atoms with van der Waals surface area (Å²) in [4.78, 5) is 52.5. The van der Waals surface area contributed by atoms with Gasteiger partial charge in [-0.1, -0.05) is 6.07 Å². The summed E-state index contributed by atoms with van der Waals surface area (Å²) in [6.07, 6.45) is 9.22. The van der Waals surface area contributed by atoms with Gasteiger partial charge in [-0.05, 0) is 48.6 Å². The molecular formula is C22H28Cl2N4O4. The quantitative estimate of drug-likeness (QED) is 0.573. The van der Waals surface area contributed by atoms with E-state index < -0.39 is 11.9 Å². The maximum atomic E-state index is 13.0. The number of hydroxylamine groups is 2. The molecule has 0 unspecified atom stereocenters. The summed E-state index contributed by atoms with van der Waals surface area (Å²) < 4.78 is 0. The fourth-order valence-corrected chi connectivity index (χ4v) is 3.36. The van der Waals surface area contributed by atoms with Crippen LogP contribution in [0.25, 0.3) is 0 Å². The maximum absolute atomic E-state index is 13.0. The second-order valence-corrected chi connectivity index (χ2v) is 7.27. The average Bonchev–Trinajstić information content (AvgIpc) is 2.76. The molecule has 0 saturated carbocycles. The Morgan fingerprint density at radius 3 is 2.50 bits per heavy atom. The van der Waals surface area contributed by atoms with E-state index in [1.165, 1.54) is 6.92 Å². The second-order valence-electron chi connectivity index (χ2n) is 7.27. The van der Waals surface area contributed by atoms with E-state index in [2.05, 4.69) is 9.97 Å². The van der Waals surface area contributed by atoms with E-state index in [-0.39, 0.29) is 43.2 Å². The Kier molecular flexibility index (Phi) is 11.7. The van der Waals surface area contributed by atoms with Crippen molar-refractivity contribution in [2.75, 3.05) is 19.6 Å². The molecule has 0 bridgehead atoms. The van der Waals surface area contributed by atoms with Gasteiger partial charge in [-0.25, -0.2) is 4.79 Å². The van der Waals surface area contributed by atoms with Crippen molar-refractivity contribution in [3.63, 3.8) is 0 Å². The second kappa shape index (κ2) is 13.6. The van der Waals surface area contributed by atoms with Gasteiger partial charge in [0.25, 0.3) is 5.91 Å². The number of rotatable bonds is 8. The maximum Gasteiger partial charge on any atom is 0.341 e. The Morgan fingerprint density at radius 2 is 1.88 bits per heavy atom. The minimum absolute atomic E-state index is 0. The van der Waals surface area contributed by atoms with E-state index in [4.69, 9.17) is 4.84 Å². The number of aromatic nitrogens is 2. The molecule has 0 spiro atoms. The molecular weight excluding hydrogens is 455 g/mol. The zero-order valence-corrected chi connectivity index (χ0v) is 19.5. The van der Waals surface area contributed by atoms with Crippen LogP contribution in [0.2, 0.25) is 0 Å². The summed E-state index contributed by atoms with van der Waals surface area (Å²) in [6, 6.07) is 7.30. The topological polar surface area (TPSA) is 92.7 Å². The molecule has 2 amide bonds. The summed E-state index contributed by atoms with van der Waals surface area (Å²) in [5.74, 6) is -1.64. The first-order valence-electron chi connectivity index (χ1n) is 10.1. The minimum Gasteiger partial charge on any atom is -0.341 e. The lowest BCUT2D eigenvalue weighted by Gasteiger charge is -2.29. The highest BCUT2D eigenvalue weighted by molar-refractivity contribution is 5.85. The number of amides is 2. The van der Waals surface area contributed by atoms with Crippen molar-refractivity contribution in [1.82, 2.24) is 19.9 Å². The number of hydrogen-bond donors (Lipinski definition) is 0. The molecule has 8 nitrogen and oxygen atoms in total. The summed E-state index contributed by atoms with van der Waals surface area (Å²) in [5.41, 5.74) is 1.69. The highest BCUT2D eigenvalue weighted by atomic mass is 35.5. The van der Waals surface area contributed by atoms with Crippen LogP contribution in [-0.2, 0) is 25.6 Å². The first-order valence-corrected chi connectivity index (χ1v) is 10.1. The zero-order chi connectivity index (χ0) is 21.3. The number of hydrogen-bond acceptors (Lipinski definition) is 6. The fraction of sp³-hybridized carbons (Fsp3) is 0.409. The SMILES string of the molecule is CC(=O)N(CCc1ccncc1)C[C@@H](C(=O)ON1CCCCC1=O)c1cccnc1.Cl.Cl. The molecule has 1 aliphatic heterocycles. The molecule has 2 aromatic heterocycles. The van der Waals surface area contributed by atoms with Gasteiger partial charge in [0.15, 0.2) is 0 Å². The van der Waals surface area contributed by atoms with Crippen LogP contribution in [0.1, 0.15) is 43.2 Å². The fourth-order valence-electron chi connectivity index (χ4n) is 3.36. The van der Waals surface area contributed by atoms with Gasteiger partial charge in [-0.3, -0.25) is 19.6 Å². The van der Waals surface area contributed by atoms with E-state index in [0.29, 0.717) is 31.5 Å². The molecule has 0 N–H and O–H groups in total. The van der Waals surface area contributed by atoms with Crippen LogP contribution in [0.5, 0.6) is 0 Å². The van der Waals surface area contributed by atoms with Crippen molar-refractivity contribution >= 4 is 42.6 Å². The third-order valence-electron chi connectivity index (χ3n) is 5.12. The molecule has 0 aromatic carbocycles. The summed E-state index contributed by atoms with van der Waals surface area (Å²) in [6.45, 7) is 2.47. The Morgan fingerprint density at radius 1 is 1.12 bits per heavy atom. The first-order chi connectivity index (χ1) is 14.5. The summed E-state index contributed by atoms with van der Waals surface area (Å²) >= 11 is 0. The van der Waals surface area contributed by atoms with Crippen LogP contribution in [-0.4, -0.2) is 57.3 Å². The van der Waals surface area contributed by atoms with Gasteiger partial charge in [0, 0.05) is 51.2 Å². The van der Waals surface area contributed by atoms with E-state index in [0.717, 1.165) is 23.5 Å². The normalized spacial score (nSPS) is 13.9. The Bertz CT molecular complexity index is 871. The van der Waals surface area contributed by atoms with E-state index in [1.807, 2.05) is 12.1 Å². The molecule has 1 saturated heterocycles. The standard InChI is InChI=1S/C22H26N4O4.2ClH/c1-17(27)25(14-9-18-7-11-23-12-8-18)16-20(19-5-4-10-24-15-19)22(29)30-26-13-3-2-6-21(26)28;;/h4-5,7-8,10-12,15,20H,2-3,6,9,13-14,16H2,1H3;2*1H/t20-;;/m1../s1. The minimum atomic E-state index is -0.741. The van der Waals surface area contributed by atoms with Crippen molar-refractivity contribution in [2.45, 2.75) is 38.5 Å². The van der Waals surface area contributed by atoms with E-state index in [1.54, 1.807) is 41.8 Å². The third-order valence-corrected chi connectivity index (χ3v) is 5.12. The van der Waals surface area contributed by atoms with Crippen LogP contribution in [0.4, 0.5) is 0 Å². The lowest BCUT2D eigenvalue weighted by atomic mass is 10.00. The number of nitrogens with zero attached hydrogens (tertiary/aromatic N) is 4. The molecule has 1 atom stereocenters. The number of piperidine rings is 1. The van der Waals surface area contributed by atoms with Gasteiger partial charge >= 0.3 is 5.97 Å². The predicted octanol–water partition coefficient (Wildman–Crippen LogP) is 2.97. The lowest BCUT2D eigenvalue weighted by molar-refractivity contribution is -0.203. The van der Waals surface area contributed by atoms with Crippen LogP contribution >= 0.6 is 24.8 Å². The molecule has 1 aliphatic rings. The van der Waals surface area contributed by atoms with Gasteiger partial charge in [0.05, 0.1) is 6.54 Å². The molecule has 3 heterocycles. The van der Waals surface area contributed by atoms with Gasteiger partial charge in [0.2, 0.25) is 5.91 Å². The molecule has 0 aliphatic carbocycles. The molecule has 32 heavy (non-hydrogen) atoms. The summed E-state index contributed by atoms with van der Waals surface area (Å²) in [5, 5.41) is 1.14. The zero-order valence-electron chi connectivity index (χ0n) is 17.9. The smallest absolute Gasteiger partial charge is 0.341 e. The van der Waals surface area contributed by atoms with Crippen molar-refractivity contribution < 1.29 is 19.2 Å². The number of halogens is 2. The van der Waals surface area contributed by atoms with Crippen molar-refractivity contribution in [3.8, 4) is 0 Å². The molecule has 174 valence electrons. The highest BCUT2D eigenvalue weighted by Crippen LogP contribution is 2.21. The Balaban J connectivity index is 0.00000256. The van der Waals surface area contributed by atoms with Crippen molar-refractivity contribution in [3.05, 3.63) is 60.2 Å². The van der Waals surface area contributed by atoms with E-state index in [9.17, 15) is 14.4 Å². The Labute approximate surface area is 200 Å². The van der Waals surface area contributed by atoms with E-state index >= 15 is 0 Å². The molecule has 10 heteroatoms. The van der Waals surface area contributed by atoms with Crippen LogP contribution in [0.15, 0.2) is 49.1 Å². The molecule has 2 aromatic rings. The number of carbonyl (C=O) groups is 3. The predicted molar refractivity (Wildman–Crippen MR) is 123 cm³/mol. The van der Waals surface area contributed by atoms with Crippen molar-refractivity contribution in [1.29, 1.82) is 0 Å². The lowest BCUT2D eigenvalue weighted by Crippen LogP contribution is -2.42. The van der Waals surface area contributed by atoms with Gasteiger partial charge < -0.3 is 9.74 Å². The molecule has 3 rings (SSSR count). The van der Waals surface area contributed by atoms with Gasteiger partial charge in [-0.2, -0.15) is 5.06 Å². The third kappa shape index (κ3) is 7.76. The first kappa shape index (κ1) is 27.3. The van der Waals surface area contributed by atoms with Crippen LogP contribution < -0.4 is 0 Å².